The molecule has 1 aromatic rings. The first-order valence-electron chi connectivity index (χ1n) is 6.39. The molecule has 0 saturated heterocycles. The van der Waals surface area contributed by atoms with Crippen molar-refractivity contribution in [3.8, 4) is 0 Å². The van der Waals surface area contributed by atoms with E-state index in [2.05, 4.69) is 6.58 Å². The van der Waals surface area contributed by atoms with Crippen LogP contribution in [0.25, 0.3) is 0 Å². The maximum Gasteiger partial charge on any atom is 0.320 e. The molecular weight excluding hydrogens is 296 g/mol. The Hall–Kier alpha value is -1.92. The third-order valence-electron chi connectivity index (χ3n) is 2.68. The fourth-order valence-corrected chi connectivity index (χ4v) is 2.05. The molecule has 1 aromatic carbocycles. The Bertz CT molecular complexity index is 534. The summed E-state index contributed by atoms with van der Waals surface area (Å²) in [7, 11) is 0. The zero-order valence-electron chi connectivity index (χ0n) is 11.8. The van der Waals surface area contributed by atoms with Crippen LogP contribution in [0.1, 0.15) is 12.5 Å². The van der Waals surface area contributed by atoms with E-state index in [0.717, 1.165) is 0 Å². The van der Waals surface area contributed by atoms with Gasteiger partial charge in [-0.1, -0.05) is 17.7 Å². The fourth-order valence-electron chi connectivity index (χ4n) is 1.86. The number of hydrogen-bond donors (Lipinski definition) is 0. The summed E-state index contributed by atoms with van der Waals surface area (Å²) in [6.07, 6.45) is 1.62. The van der Waals surface area contributed by atoms with E-state index in [1.807, 2.05) is 0 Å². The van der Waals surface area contributed by atoms with Crippen LogP contribution in [0.3, 0.4) is 0 Å². The van der Waals surface area contributed by atoms with Crippen LogP contribution in [0.4, 0.5) is 5.69 Å². The highest BCUT2D eigenvalue weighted by molar-refractivity contribution is 6.30. The summed E-state index contributed by atoms with van der Waals surface area (Å²) in [5.74, 6) is -0.385. The predicted octanol–water partition coefficient (Wildman–Crippen LogP) is 2.80. The smallest absolute Gasteiger partial charge is 0.320 e. The van der Waals surface area contributed by atoms with Crippen molar-refractivity contribution in [1.29, 1.82) is 0 Å². The number of halogens is 1. The predicted molar refractivity (Wildman–Crippen MR) is 80.2 cm³/mol. The van der Waals surface area contributed by atoms with Gasteiger partial charge >= 0.3 is 5.97 Å². The van der Waals surface area contributed by atoms with Crippen molar-refractivity contribution in [2.75, 3.05) is 19.7 Å². The van der Waals surface area contributed by atoms with Gasteiger partial charge in [0.15, 0.2) is 0 Å². The maximum absolute atomic E-state index is 11.5. The molecule has 0 aliphatic carbocycles. The Labute approximate surface area is 128 Å². The molecule has 7 heteroatoms. The molecule has 0 N–H and O–H groups in total. The first-order chi connectivity index (χ1) is 9.97. The molecule has 0 aromatic heterocycles. The van der Waals surface area contributed by atoms with Crippen LogP contribution >= 0.6 is 11.6 Å². The second kappa shape index (κ2) is 8.39. The lowest BCUT2D eigenvalue weighted by Crippen LogP contribution is -2.31. The Morgan fingerprint density at radius 2 is 2.29 bits per heavy atom. The lowest BCUT2D eigenvalue weighted by molar-refractivity contribution is -0.385. The van der Waals surface area contributed by atoms with E-state index in [4.69, 9.17) is 16.3 Å². The fraction of sp³-hybridized carbons (Fsp3) is 0.357. The normalized spacial score (nSPS) is 10.4. The molecule has 0 bridgehead atoms. The Morgan fingerprint density at radius 1 is 1.57 bits per heavy atom. The van der Waals surface area contributed by atoms with Gasteiger partial charge in [0.05, 0.1) is 18.1 Å². The molecule has 0 aliphatic heterocycles. The molecule has 0 spiro atoms. The summed E-state index contributed by atoms with van der Waals surface area (Å²) in [6.45, 7) is 6.27. The summed E-state index contributed by atoms with van der Waals surface area (Å²) in [5.41, 5.74) is 0.413. The second-order valence-corrected chi connectivity index (χ2v) is 4.73. The number of rotatable bonds is 8. The van der Waals surface area contributed by atoms with Gasteiger partial charge in [0.1, 0.15) is 0 Å². The maximum atomic E-state index is 11.5. The minimum absolute atomic E-state index is 0.0303. The van der Waals surface area contributed by atoms with Crippen LogP contribution in [-0.2, 0) is 16.1 Å². The van der Waals surface area contributed by atoms with E-state index in [9.17, 15) is 14.9 Å². The van der Waals surface area contributed by atoms with Crippen molar-refractivity contribution in [3.63, 3.8) is 0 Å². The summed E-state index contributed by atoms with van der Waals surface area (Å²) in [6, 6.07) is 4.35. The first-order valence-corrected chi connectivity index (χ1v) is 6.77. The minimum Gasteiger partial charge on any atom is -0.465 e. The molecule has 0 aliphatic rings. The Kier molecular flexibility index (Phi) is 6.84. The molecule has 0 unspecified atom stereocenters. The SMILES string of the molecule is C=CCN(CC(=O)OCC)Cc1cc(Cl)ccc1[N+](=O)[O-]. The van der Waals surface area contributed by atoms with Gasteiger partial charge in [-0.05, 0) is 19.1 Å². The quantitative estimate of drug-likeness (QED) is 0.319. The summed E-state index contributed by atoms with van der Waals surface area (Å²) < 4.78 is 4.88. The van der Waals surface area contributed by atoms with Crippen molar-refractivity contribution in [2.45, 2.75) is 13.5 Å². The largest absolute Gasteiger partial charge is 0.465 e. The topological polar surface area (TPSA) is 72.7 Å². The van der Waals surface area contributed by atoms with Crippen molar-refractivity contribution >= 4 is 23.3 Å². The van der Waals surface area contributed by atoms with E-state index < -0.39 is 4.92 Å². The van der Waals surface area contributed by atoms with Crippen LogP contribution in [-0.4, -0.2) is 35.5 Å². The molecule has 114 valence electrons. The standard InChI is InChI=1S/C14H17ClN2O4/c1-3-7-16(10-14(18)21-4-2)9-11-8-12(15)5-6-13(11)17(19)20/h3,5-6,8H,1,4,7,9-10H2,2H3. The van der Waals surface area contributed by atoms with Crippen molar-refractivity contribution in [1.82, 2.24) is 4.90 Å². The lowest BCUT2D eigenvalue weighted by Gasteiger charge is -2.19. The number of nitro benzene ring substituents is 1. The molecular formula is C14H17ClN2O4. The van der Waals surface area contributed by atoms with Gasteiger partial charge in [0.2, 0.25) is 0 Å². The van der Waals surface area contributed by atoms with Gasteiger partial charge in [-0.15, -0.1) is 6.58 Å². The third kappa shape index (κ3) is 5.53. The van der Waals surface area contributed by atoms with E-state index in [0.29, 0.717) is 17.1 Å². The molecule has 0 radical (unpaired) electrons. The molecule has 0 atom stereocenters. The summed E-state index contributed by atoms with van der Waals surface area (Å²) in [4.78, 5) is 23.8. The van der Waals surface area contributed by atoms with Gasteiger partial charge in [-0.3, -0.25) is 19.8 Å². The van der Waals surface area contributed by atoms with Crippen LogP contribution in [0.15, 0.2) is 30.9 Å². The van der Waals surface area contributed by atoms with E-state index in [-0.39, 0.29) is 31.4 Å². The average molecular weight is 313 g/mol. The van der Waals surface area contributed by atoms with Crippen LogP contribution in [0.2, 0.25) is 5.02 Å². The molecule has 0 fully saturated rings. The highest BCUT2D eigenvalue weighted by Crippen LogP contribution is 2.24. The van der Waals surface area contributed by atoms with Crippen molar-refractivity contribution in [3.05, 3.63) is 51.6 Å². The highest BCUT2D eigenvalue weighted by atomic mass is 35.5. The van der Waals surface area contributed by atoms with E-state index in [1.165, 1.54) is 18.2 Å². The van der Waals surface area contributed by atoms with E-state index in [1.54, 1.807) is 17.9 Å². The first kappa shape index (κ1) is 17.1. The van der Waals surface area contributed by atoms with Crippen molar-refractivity contribution < 1.29 is 14.5 Å². The number of benzene rings is 1. The third-order valence-corrected chi connectivity index (χ3v) is 2.91. The minimum atomic E-state index is -0.470. The molecule has 6 nitrogen and oxygen atoms in total. The van der Waals surface area contributed by atoms with Gasteiger partial charge in [0.25, 0.3) is 5.69 Å². The number of hydrogen-bond acceptors (Lipinski definition) is 5. The van der Waals surface area contributed by atoms with Crippen molar-refractivity contribution in [2.24, 2.45) is 0 Å². The monoisotopic (exact) mass is 312 g/mol. The average Bonchev–Trinajstić information content (AvgIpc) is 2.38. The number of nitro groups is 1. The summed E-state index contributed by atoms with van der Waals surface area (Å²) >= 11 is 5.88. The number of carbonyl (C=O) groups is 1. The zero-order valence-corrected chi connectivity index (χ0v) is 12.5. The number of ether oxygens (including phenoxy) is 1. The molecule has 0 amide bonds. The molecule has 21 heavy (non-hydrogen) atoms. The second-order valence-electron chi connectivity index (χ2n) is 4.29. The number of carbonyl (C=O) groups excluding carboxylic acids is 1. The number of nitrogens with zero attached hydrogens (tertiary/aromatic N) is 2. The van der Waals surface area contributed by atoms with E-state index >= 15 is 0 Å². The molecule has 0 heterocycles. The van der Waals surface area contributed by atoms with Gasteiger partial charge in [-0.2, -0.15) is 0 Å². The Balaban J connectivity index is 2.92. The van der Waals surface area contributed by atoms with Gasteiger partial charge in [0, 0.05) is 29.7 Å². The summed E-state index contributed by atoms with van der Waals surface area (Å²) in [5, 5.41) is 11.4. The lowest BCUT2D eigenvalue weighted by atomic mass is 10.1. The molecule has 1 rings (SSSR count). The molecule has 0 saturated carbocycles. The van der Waals surface area contributed by atoms with Gasteiger partial charge < -0.3 is 4.74 Å². The highest BCUT2D eigenvalue weighted by Gasteiger charge is 2.18. The van der Waals surface area contributed by atoms with Crippen LogP contribution in [0, 0.1) is 10.1 Å². The van der Waals surface area contributed by atoms with Gasteiger partial charge in [-0.25, -0.2) is 0 Å². The Morgan fingerprint density at radius 3 is 2.86 bits per heavy atom. The number of esters is 1. The van der Waals surface area contributed by atoms with Crippen LogP contribution < -0.4 is 0 Å². The van der Waals surface area contributed by atoms with Crippen LogP contribution in [0.5, 0.6) is 0 Å². The zero-order chi connectivity index (χ0) is 15.8.